The predicted octanol–water partition coefficient (Wildman–Crippen LogP) is 3.14. The number of hydrogen-bond donors (Lipinski definition) is 2. The minimum atomic E-state index is 0.457. The molecule has 0 unspecified atom stereocenters. The van der Waals surface area contributed by atoms with Gasteiger partial charge in [0.2, 0.25) is 5.95 Å². The van der Waals surface area contributed by atoms with Crippen molar-refractivity contribution in [2.45, 2.75) is 13.5 Å². The third-order valence-corrected chi connectivity index (χ3v) is 3.16. The van der Waals surface area contributed by atoms with Crippen LogP contribution in [-0.4, -0.2) is 22.2 Å². The molecule has 0 bridgehead atoms. The Kier molecular flexibility index (Phi) is 4.37. The third-order valence-electron chi connectivity index (χ3n) is 3.16. The largest absolute Gasteiger partial charge is 0.497 e. The smallest absolute Gasteiger partial charge is 0.230 e. The molecular formula is C16H17N5O2. The molecule has 0 amide bonds. The number of ether oxygens (including phenoxy) is 1. The van der Waals surface area contributed by atoms with Crippen molar-refractivity contribution in [1.82, 2.24) is 15.1 Å². The molecule has 0 atom stereocenters. The van der Waals surface area contributed by atoms with Gasteiger partial charge in [0.25, 0.3) is 0 Å². The van der Waals surface area contributed by atoms with E-state index in [1.807, 2.05) is 37.3 Å². The highest BCUT2D eigenvalue weighted by molar-refractivity contribution is 5.50. The average Bonchev–Trinajstić information content (AvgIpc) is 2.99. The molecule has 0 aliphatic heterocycles. The number of methoxy groups -OCH3 is 1. The standard InChI is InChI=1S/C16H17N5O2/c1-11-9-15(21-23-11)20-16-17-8-7-14(19-16)18-10-12-3-5-13(22-2)6-4-12/h3-9H,10H2,1-2H3,(H2,17,18,19,20,21). The maximum atomic E-state index is 5.14. The molecule has 0 aliphatic rings. The number of rotatable bonds is 6. The Labute approximate surface area is 133 Å². The highest BCUT2D eigenvalue weighted by Gasteiger charge is 2.04. The number of anilines is 3. The second kappa shape index (κ2) is 6.78. The minimum Gasteiger partial charge on any atom is -0.497 e. The summed E-state index contributed by atoms with van der Waals surface area (Å²) < 4.78 is 10.1. The molecule has 0 fully saturated rings. The van der Waals surface area contributed by atoms with E-state index in [0.29, 0.717) is 18.3 Å². The van der Waals surface area contributed by atoms with Gasteiger partial charge in [0.05, 0.1) is 7.11 Å². The molecule has 0 saturated carbocycles. The molecule has 118 valence electrons. The molecule has 2 heterocycles. The molecule has 7 heteroatoms. The summed E-state index contributed by atoms with van der Waals surface area (Å²) >= 11 is 0. The zero-order chi connectivity index (χ0) is 16.1. The van der Waals surface area contributed by atoms with Gasteiger partial charge in [-0.15, -0.1) is 0 Å². The van der Waals surface area contributed by atoms with Crippen molar-refractivity contribution in [2.24, 2.45) is 0 Å². The van der Waals surface area contributed by atoms with Crippen molar-refractivity contribution in [3.8, 4) is 5.75 Å². The molecule has 7 nitrogen and oxygen atoms in total. The van der Waals surface area contributed by atoms with Gasteiger partial charge in [-0.1, -0.05) is 17.3 Å². The molecule has 23 heavy (non-hydrogen) atoms. The number of benzene rings is 1. The highest BCUT2D eigenvalue weighted by Crippen LogP contribution is 2.15. The van der Waals surface area contributed by atoms with Gasteiger partial charge in [0.1, 0.15) is 17.3 Å². The van der Waals surface area contributed by atoms with E-state index in [4.69, 9.17) is 9.26 Å². The van der Waals surface area contributed by atoms with Gasteiger partial charge in [0, 0.05) is 18.8 Å². The summed E-state index contributed by atoms with van der Waals surface area (Å²) in [6, 6.07) is 11.5. The lowest BCUT2D eigenvalue weighted by molar-refractivity contribution is 0.400. The lowest BCUT2D eigenvalue weighted by Crippen LogP contribution is -2.04. The first-order valence-corrected chi connectivity index (χ1v) is 7.13. The SMILES string of the molecule is COc1ccc(CNc2ccnc(Nc3cc(C)on3)n2)cc1. The fourth-order valence-electron chi connectivity index (χ4n) is 1.99. The maximum absolute atomic E-state index is 5.14. The number of nitrogens with zero attached hydrogens (tertiary/aromatic N) is 3. The Balaban J connectivity index is 1.62. The first kappa shape index (κ1) is 14.8. The predicted molar refractivity (Wildman–Crippen MR) is 86.9 cm³/mol. The van der Waals surface area contributed by atoms with Crippen LogP contribution in [0.5, 0.6) is 5.75 Å². The van der Waals surface area contributed by atoms with Crippen LogP contribution >= 0.6 is 0 Å². The summed E-state index contributed by atoms with van der Waals surface area (Å²) in [5.74, 6) is 3.32. The molecular weight excluding hydrogens is 294 g/mol. The molecule has 2 N–H and O–H groups in total. The van der Waals surface area contributed by atoms with Crippen molar-refractivity contribution >= 4 is 17.6 Å². The Morgan fingerprint density at radius 2 is 1.96 bits per heavy atom. The van der Waals surface area contributed by atoms with Crippen LogP contribution in [0.4, 0.5) is 17.6 Å². The van der Waals surface area contributed by atoms with Crippen LogP contribution in [0.25, 0.3) is 0 Å². The summed E-state index contributed by atoms with van der Waals surface area (Å²) in [5.41, 5.74) is 1.13. The van der Waals surface area contributed by atoms with Crippen molar-refractivity contribution in [2.75, 3.05) is 17.7 Å². The highest BCUT2D eigenvalue weighted by atomic mass is 16.5. The Bertz CT molecular complexity index is 770. The van der Waals surface area contributed by atoms with E-state index in [2.05, 4.69) is 25.8 Å². The molecule has 3 rings (SSSR count). The second-order valence-electron chi connectivity index (χ2n) is 4.91. The van der Waals surface area contributed by atoms with Crippen molar-refractivity contribution < 1.29 is 9.26 Å². The second-order valence-corrected chi connectivity index (χ2v) is 4.91. The summed E-state index contributed by atoms with van der Waals surface area (Å²) in [6.45, 7) is 2.48. The van der Waals surface area contributed by atoms with Crippen LogP contribution in [0.3, 0.4) is 0 Å². The van der Waals surface area contributed by atoms with Gasteiger partial charge in [-0.3, -0.25) is 0 Å². The van der Waals surface area contributed by atoms with Crippen LogP contribution in [-0.2, 0) is 6.54 Å². The first-order chi connectivity index (χ1) is 11.2. The summed E-state index contributed by atoms with van der Waals surface area (Å²) in [7, 11) is 1.65. The number of hydrogen-bond acceptors (Lipinski definition) is 7. The topological polar surface area (TPSA) is 85.1 Å². The summed E-state index contributed by atoms with van der Waals surface area (Å²) in [4.78, 5) is 8.55. The van der Waals surface area contributed by atoms with E-state index >= 15 is 0 Å². The lowest BCUT2D eigenvalue weighted by Gasteiger charge is -2.08. The van der Waals surface area contributed by atoms with Crippen LogP contribution < -0.4 is 15.4 Å². The van der Waals surface area contributed by atoms with Crippen molar-refractivity contribution in [3.05, 3.63) is 53.9 Å². The molecule has 1 aromatic carbocycles. The van der Waals surface area contributed by atoms with E-state index in [-0.39, 0.29) is 0 Å². The first-order valence-electron chi connectivity index (χ1n) is 7.13. The lowest BCUT2D eigenvalue weighted by atomic mass is 10.2. The fraction of sp³-hybridized carbons (Fsp3) is 0.188. The van der Waals surface area contributed by atoms with E-state index in [1.54, 1.807) is 19.4 Å². The van der Waals surface area contributed by atoms with Crippen LogP contribution in [0.1, 0.15) is 11.3 Å². The zero-order valence-corrected chi connectivity index (χ0v) is 12.9. The van der Waals surface area contributed by atoms with Crippen LogP contribution in [0.2, 0.25) is 0 Å². The number of aryl methyl sites for hydroxylation is 1. The number of aromatic nitrogens is 3. The van der Waals surface area contributed by atoms with E-state index in [0.717, 1.165) is 22.9 Å². The van der Waals surface area contributed by atoms with Gasteiger partial charge >= 0.3 is 0 Å². The molecule has 0 saturated heterocycles. The van der Waals surface area contributed by atoms with Gasteiger partial charge < -0.3 is 19.9 Å². The fourth-order valence-corrected chi connectivity index (χ4v) is 1.99. The average molecular weight is 311 g/mol. The molecule has 0 radical (unpaired) electrons. The van der Waals surface area contributed by atoms with E-state index in [1.165, 1.54) is 0 Å². The zero-order valence-electron chi connectivity index (χ0n) is 12.9. The summed E-state index contributed by atoms with van der Waals surface area (Å²) in [6.07, 6.45) is 1.68. The minimum absolute atomic E-state index is 0.457. The summed E-state index contributed by atoms with van der Waals surface area (Å²) in [5, 5.41) is 10.1. The quantitative estimate of drug-likeness (QED) is 0.723. The van der Waals surface area contributed by atoms with Gasteiger partial charge in [0.15, 0.2) is 5.82 Å². The Hall–Kier alpha value is -3.09. The monoisotopic (exact) mass is 311 g/mol. The van der Waals surface area contributed by atoms with Crippen LogP contribution in [0.15, 0.2) is 47.1 Å². The molecule has 3 aromatic rings. The molecule has 2 aromatic heterocycles. The van der Waals surface area contributed by atoms with E-state index < -0.39 is 0 Å². The Morgan fingerprint density at radius 1 is 1.13 bits per heavy atom. The van der Waals surface area contributed by atoms with Gasteiger partial charge in [-0.05, 0) is 30.7 Å². The van der Waals surface area contributed by atoms with Gasteiger partial charge in [-0.25, -0.2) is 4.98 Å². The maximum Gasteiger partial charge on any atom is 0.230 e. The van der Waals surface area contributed by atoms with Crippen molar-refractivity contribution in [1.29, 1.82) is 0 Å². The molecule has 0 spiro atoms. The van der Waals surface area contributed by atoms with E-state index in [9.17, 15) is 0 Å². The van der Waals surface area contributed by atoms with Crippen LogP contribution in [0, 0.1) is 6.92 Å². The van der Waals surface area contributed by atoms with Gasteiger partial charge in [-0.2, -0.15) is 4.98 Å². The Morgan fingerprint density at radius 3 is 2.65 bits per heavy atom. The molecule has 0 aliphatic carbocycles. The van der Waals surface area contributed by atoms with Crippen molar-refractivity contribution in [3.63, 3.8) is 0 Å². The normalized spacial score (nSPS) is 10.3. The number of nitrogens with one attached hydrogen (secondary N) is 2. The third kappa shape index (κ3) is 3.97.